The zero-order valence-corrected chi connectivity index (χ0v) is 20.1. The van der Waals surface area contributed by atoms with E-state index in [0.717, 1.165) is 0 Å². The number of nitriles is 1. The Morgan fingerprint density at radius 1 is 1.09 bits per heavy atom. The molecule has 0 saturated heterocycles. The number of ether oxygens (including phenoxy) is 1. The lowest BCUT2D eigenvalue weighted by atomic mass is 10.1. The number of nitrogens with zero attached hydrogens (tertiary/aromatic N) is 1. The second-order valence-electron chi connectivity index (χ2n) is 6.75. The van der Waals surface area contributed by atoms with Crippen LogP contribution in [0.25, 0.3) is 6.08 Å². The SMILES string of the molecule is CCOc1cc(/C=C(\C#N)C(=O)Nc2cccc(Cl)c2)cc(Cl)c1OS(=O)(=O)c1ccccc1. The molecule has 34 heavy (non-hydrogen) atoms. The minimum Gasteiger partial charge on any atom is -0.490 e. The summed E-state index contributed by atoms with van der Waals surface area (Å²) in [7, 11) is -4.18. The zero-order chi connectivity index (χ0) is 24.7. The third kappa shape index (κ3) is 6.29. The van der Waals surface area contributed by atoms with Crippen LogP contribution < -0.4 is 14.2 Å². The van der Waals surface area contributed by atoms with Gasteiger partial charge in [0.15, 0.2) is 5.75 Å². The quantitative estimate of drug-likeness (QED) is 0.233. The van der Waals surface area contributed by atoms with E-state index in [1.54, 1.807) is 43.3 Å². The lowest BCUT2D eigenvalue weighted by Crippen LogP contribution is -2.13. The van der Waals surface area contributed by atoms with Gasteiger partial charge in [-0.1, -0.05) is 47.5 Å². The molecule has 0 fully saturated rings. The topological polar surface area (TPSA) is 105 Å². The Labute approximate surface area is 207 Å². The standard InChI is InChI=1S/C24H18Cl2N2O5S/c1-2-32-22-13-16(11-17(15-27)24(29)28-19-8-6-7-18(25)14-19)12-21(26)23(22)33-34(30,31)20-9-4-3-5-10-20/h3-14H,2H2,1H3,(H,28,29)/b17-11+. The van der Waals surface area contributed by atoms with Crippen molar-refractivity contribution in [3.63, 3.8) is 0 Å². The summed E-state index contributed by atoms with van der Waals surface area (Å²) in [6.07, 6.45) is 1.30. The highest BCUT2D eigenvalue weighted by molar-refractivity contribution is 7.87. The Hall–Kier alpha value is -3.51. The van der Waals surface area contributed by atoms with Crippen LogP contribution in [-0.2, 0) is 14.9 Å². The summed E-state index contributed by atoms with van der Waals surface area (Å²) in [4.78, 5) is 12.5. The Kier molecular flexibility index (Phi) is 8.18. The molecule has 3 aromatic carbocycles. The molecule has 10 heteroatoms. The molecule has 174 valence electrons. The van der Waals surface area contributed by atoms with Crippen LogP contribution in [0.4, 0.5) is 5.69 Å². The molecule has 0 aliphatic rings. The van der Waals surface area contributed by atoms with Gasteiger partial charge in [-0.05, 0) is 61.0 Å². The molecule has 3 aromatic rings. The number of nitrogens with one attached hydrogen (secondary N) is 1. The maximum atomic E-state index is 12.7. The van der Waals surface area contributed by atoms with Crippen molar-refractivity contribution in [1.29, 1.82) is 5.26 Å². The fraction of sp³-hybridized carbons (Fsp3) is 0.0833. The molecule has 0 radical (unpaired) electrons. The zero-order valence-electron chi connectivity index (χ0n) is 17.8. The second-order valence-corrected chi connectivity index (χ2v) is 9.14. The summed E-state index contributed by atoms with van der Waals surface area (Å²) < 4.78 is 36.1. The second kappa shape index (κ2) is 11.1. The Bertz CT molecular complexity index is 1380. The summed E-state index contributed by atoms with van der Waals surface area (Å²) in [5.41, 5.74) is 0.529. The van der Waals surface area contributed by atoms with E-state index in [9.17, 15) is 18.5 Å². The minimum atomic E-state index is -4.18. The third-order valence-corrected chi connectivity index (χ3v) is 6.07. The highest BCUT2D eigenvalue weighted by Crippen LogP contribution is 2.39. The molecule has 0 aliphatic carbocycles. The van der Waals surface area contributed by atoms with E-state index in [4.69, 9.17) is 32.1 Å². The van der Waals surface area contributed by atoms with E-state index < -0.39 is 16.0 Å². The molecule has 0 aliphatic heterocycles. The van der Waals surface area contributed by atoms with E-state index in [2.05, 4.69) is 5.32 Å². The monoisotopic (exact) mass is 516 g/mol. The lowest BCUT2D eigenvalue weighted by Gasteiger charge is -2.14. The third-order valence-electron chi connectivity index (χ3n) is 4.32. The summed E-state index contributed by atoms with van der Waals surface area (Å²) in [6.45, 7) is 1.89. The number of anilines is 1. The number of benzene rings is 3. The minimum absolute atomic E-state index is 0.0355. The van der Waals surface area contributed by atoms with E-state index in [1.165, 1.54) is 36.4 Å². The van der Waals surface area contributed by atoms with Crippen LogP contribution >= 0.6 is 23.2 Å². The van der Waals surface area contributed by atoms with Crippen LogP contribution in [0.3, 0.4) is 0 Å². The van der Waals surface area contributed by atoms with Gasteiger partial charge in [0.2, 0.25) is 5.75 Å². The van der Waals surface area contributed by atoms with Crippen molar-refractivity contribution in [3.8, 4) is 17.6 Å². The van der Waals surface area contributed by atoms with Crippen LogP contribution in [0, 0.1) is 11.3 Å². The molecule has 1 N–H and O–H groups in total. The van der Waals surface area contributed by atoms with Crippen LogP contribution in [0.5, 0.6) is 11.5 Å². The number of halogens is 2. The molecule has 0 bridgehead atoms. The van der Waals surface area contributed by atoms with E-state index in [1.807, 2.05) is 6.07 Å². The Morgan fingerprint density at radius 3 is 2.47 bits per heavy atom. The Morgan fingerprint density at radius 2 is 1.82 bits per heavy atom. The van der Waals surface area contributed by atoms with Gasteiger partial charge in [-0.25, -0.2) is 0 Å². The molecule has 0 spiro atoms. The summed E-state index contributed by atoms with van der Waals surface area (Å²) in [5.74, 6) is -0.828. The van der Waals surface area contributed by atoms with Crippen LogP contribution in [0.15, 0.2) is 77.2 Å². The van der Waals surface area contributed by atoms with Gasteiger partial charge < -0.3 is 14.2 Å². The Balaban J connectivity index is 1.94. The van der Waals surface area contributed by atoms with Crippen LogP contribution in [-0.4, -0.2) is 20.9 Å². The van der Waals surface area contributed by atoms with E-state index in [-0.39, 0.29) is 33.6 Å². The van der Waals surface area contributed by atoms with Crippen LogP contribution in [0.2, 0.25) is 10.0 Å². The normalized spacial score (nSPS) is 11.4. The van der Waals surface area contributed by atoms with Crippen molar-refractivity contribution in [2.75, 3.05) is 11.9 Å². The smallest absolute Gasteiger partial charge is 0.339 e. The average Bonchev–Trinajstić information content (AvgIpc) is 2.80. The lowest BCUT2D eigenvalue weighted by molar-refractivity contribution is -0.112. The fourth-order valence-corrected chi connectivity index (χ4v) is 4.31. The first-order valence-electron chi connectivity index (χ1n) is 9.88. The van der Waals surface area contributed by atoms with E-state index >= 15 is 0 Å². The largest absolute Gasteiger partial charge is 0.490 e. The molecular formula is C24H18Cl2N2O5S. The van der Waals surface area contributed by atoms with Gasteiger partial charge in [-0.3, -0.25) is 4.79 Å². The number of rotatable bonds is 8. The van der Waals surface area contributed by atoms with Gasteiger partial charge in [0.1, 0.15) is 16.5 Å². The highest BCUT2D eigenvalue weighted by atomic mass is 35.5. The van der Waals surface area contributed by atoms with E-state index in [0.29, 0.717) is 16.3 Å². The number of hydrogen-bond acceptors (Lipinski definition) is 6. The maximum Gasteiger partial charge on any atom is 0.339 e. The van der Waals surface area contributed by atoms with Gasteiger partial charge in [-0.15, -0.1) is 0 Å². The predicted octanol–water partition coefficient (Wildman–Crippen LogP) is 5.71. The van der Waals surface area contributed by atoms with Gasteiger partial charge in [0, 0.05) is 10.7 Å². The van der Waals surface area contributed by atoms with Gasteiger partial charge in [0.25, 0.3) is 5.91 Å². The number of carbonyl (C=O) groups excluding carboxylic acids is 1. The predicted molar refractivity (Wildman–Crippen MR) is 131 cm³/mol. The highest BCUT2D eigenvalue weighted by Gasteiger charge is 2.22. The molecular weight excluding hydrogens is 499 g/mol. The maximum absolute atomic E-state index is 12.7. The number of carbonyl (C=O) groups is 1. The van der Waals surface area contributed by atoms with Crippen molar-refractivity contribution in [2.45, 2.75) is 11.8 Å². The molecule has 0 unspecified atom stereocenters. The summed E-state index contributed by atoms with van der Waals surface area (Å²) in [6, 6.07) is 18.7. The van der Waals surface area contributed by atoms with Gasteiger partial charge in [0.05, 0.1) is 11.6 Å². The average molecular weight is 517 g/mol. The number of hydrogen-bond donors (Lipinski definition) is 1. The van der Waals surface area contributed by atoms with Gasteiger partial charge in [-0.2, -0.15) is 13.7 Å². The first-order valence-corrected chi connectivity index (χ1v) is 12.0. The number of amides is 1. The van der Waals surface area contributed by atoms with Gasteiger partial charge >= 0.3 is 10.1 Å². The first kappa shape index (κ1) is 25.1. The van der Waals surface area contributed by atoms with Crippen molar-refractivity contribution in [3.05, 3.63) is 87.9 Å². The van der Waals surface area contributed by atoms with Crippen LogP contribution in [0.1, 0.15) is 12.5 Å². The van der Waals surface area contributed by atoms with Crippen molar-refractivity contribution < 1.29 is 22.1 Å². The molecule has 7 nitrogen and oxygen atoms in total. The summed E-state index contributed by atoms with van der Waals surface area (Å²) in [5, 5.41) is 12.4. The molecule has 3 rings (SSSR count). The summed E-state index contributed by atoms with van der Waals surface area (Å²) >= 11 is 12.2. The molecule has 0 atom stereocenters. The molecule has 1 amide bonds. The fourth-order valence-electron chi connectivity index (χ4n) is 2.84. The van der Waals surface area contributed by atoms with Crippen molar-refractivity contribution in [1.82, 2.24) is 0 Å². The molecule has 0 saturated carbocycles. The van der Waals surface area contributed by atoms with Crippen molar-refractivity contribution in [2.24, 2.45) is 0 Å². The van der Waals surface area contributed by atoms with Crippen molar-refractivity contribution >= 4 is 51.0 Å². The molecule has 0 aromatic heterocycles. The first-order chi connectivity index (χ1) is 16.2. The molecule has 0 heterocycles.